The number of nitrogens with zero attached hydrogens (tertiary/aromatic N) is 2. The summed E-state index contributed by atoms with van der Waals surface area (Å²) < 4.78 is 0. The van der Waals surface area contributed by atoms with Crippen molar-refractivity contribution in [2.75, 3.05) is 30.3 Å². The predicted octanol–water partition coefficient (Wildman–Crippen LogP) is 1.09. The van der Waals surface area contributed by atoms with Crippen molar-refractivity contribution in [1.29, 1.82) is 0 Å². The molecule has 1 aromatic heterocycles. The van der Waals surface area contributed by atoms with Gasteiger partial charge in [0.1, 0.15) is 5.82 Å². The summed E-state index contributed by atoms with van der Waals surface area (Å²) in [5, 5.41) is 15.5. The monoisotopic (exact) mass is 222 g/mol. The van der Waals surface area contributed by atoms with E-state index in [1.807, 2.05) is 13.0 Å². The topological polar surface area (TPSA) is 70.1 Å². The molecule has 0 amide bonds. The molecule has 5 heteroatoms. The maximum Gasteiger partial charge on any atom is 0.224 e. The van der Waals surface area contributed by atoms with Gasteiger partial charge in [0.05, 0.1) is 6.61 Å². The third-order valence-electron chi connectivity index (χ3n) is 2.93. The lowest BCUT2D eigenvalue weighted by Gasteiger charge is -2.13. The summed E-state index contributed by atoms with van der Waals surface area (Å²) in [7, 11) is 0. The molecule has 1 aliphatic carbocycles. The molecule has 1 saturated carbocycles. The summed E-state index contributed by atoms with van der Waals surface area (Å²) in [5.41, 5.74) is 0.100. The highest BCUT2D eigenvalue weighted by molar-refractivity contribution is 5.39. The number of aromatic nitrogens is 2. The molecule has 0 radical (unpaired) electrons. The predicted molar refractivity (Wildman–Crippen MR) is 63.4 cm³/mol. The van der Waals surface area contributed by atoms with E-state index in [1.54, 1.807) is 6.20 Å². The molecule has 88 valence electrons. The van der Waals surface area contributed by atoms with Crippen LogP contribution in [0.1, 0.15) is 19.8 Å². The number of hydrogen-bond donors (Lipinski definition) is 3. The van der Waals surface area contributed by atoms with Gasteiger partial charge in [0, 0.05) is 24.7 Å². The normalized spacial score (nSPS) is 16.9. The molecule has 1 aromatic rings. The molecule has 1 fully saturated rings. The summed E-state index contributed by atoms with van der Waals surface area (Å²) in [6.45, 7) is 3.86. The Morgan fingerprint density at radius 3 is 2.88 bits per heavy atom. The second-order valence-corrected chi connectivity index (χ2v) is 4.31. The molecule has 0 spiro atoms. The molecule has 3 N–H and O–H groups in total. The van der Waals surface area contributed by atoms with Crippen molar-refractivity contribution in [3.63, 3.8) is 0 Å². The summed E-state index contributed by atoms with van der Waals surface area (Å²) in [6.07, 6.45) is 3.93. The largest absolute Gasteiger partial charge is 0.396 e. The molecule has 2 rings (SSSR count). The quantitative estimate of drug-likeness (QED) is 0.672. The highest BCUT2D eigenvalue weighted by Gasteiger charge is 2.41. The van der Waals surface area contributed by atoms with Crippen molar-refractivity contribution >= 4 is 11.8 Å². The third kappa shape index (κ3) is 2.61. The minimum atomic E-state index is 0.100. The smallest absolute Gasteiger partial charge is 0.224 e. The minimum Gasteiger partial charge on any atom is -0.396 e. The zero-order valence-electron chi connectivity index (χ0n) is 9.53. The van der Waals surface area contributed by atoms with Gasteiger partial charge in [-0.1, -0.05) is 0 Å². The van der Waals surface area contributed by atoms with Gasteiger partial charge in [-0.25, -0.2) is 4.98 Å². The van der Waals surface area contributed by atoms with Gasteiger partial charge in [0.15, 0.2) is 0 Å². The van der Waals surface area contributed by atoms with Crippen LogP contribution in [0.25, 0.3) is 0 Å². The highest BCUT2D eigenvalue weighted by atomic mass is 16.3. The van der Waals surface area contributed by atoms with E-state index in [9.17, 15) is 5.11 Å². The van der Waals surface area contributed by atoms with Gasteiger partial charge in [-0.05, 0) is 25.8 Å². The molecule has 1 heterocycles. The Bertz CT molecular complexity index is 352. The van der Waals surface area contributed by atoms with Crippen molar-refractivity contribution in [2.45, 2.75) is 19.8 Å². The van der Waals surface area contributed by atoms with E-state index in [0.29, 0.717) is 5.95 Å². The molecule has 0 aromatic carbocycles. The summed E-state index contributed by atoms with van der Waals surface area (Å²) in [4.78, 5) is 8.41. The zero-order valence-corrected chi connectivity index (χ0v) is 9.53. The first-order valence-corrected chi connectivity index (χ1v) is 5.70. The van der Waals surface area contributed by atoms with E-state index < -0.39 is 0 Å². The van der Waals surface area contributed by atoms with Gasteiger partial charge in [-0.15, -0.1) is 0 Å². The molecule has 0 saturated heterocycles. The van der Waals surface area contributed by atoms with Crippen LogP contribution >= 0.6 is 0 Å². The number of aliphatic hydroxyl groups excluding tert-OH is 1. The lowest BCUT2D eigenvalue weighted by Crippen LogP contribution is -2.19. The molecule has 0 atom stereocenters. The van der Waals surface area contributed by atoms with Gasteiger partial charge >= 0.3 is 0 Å². The maximum atomic E-state index is 9.19. The average Bonchev–Trinajstić information content (AvgIpc) is 3.08. The molecule has 0 unspecified atom stereocenters. The number of aliphatic hydroxyl groups is 1. The SMILES string of the molecule is CCNc1nccc(NCC2(CO)CC2)n1. The number of nitrogens with one attached hydrogen (secondary N) is 2. The van der Waals surface area contributed by atoms with Crippen LogP contribution in [0, 0.1) is 5.41 Å². The Morgan fingerprint density at radius 2 is 2.25 bits per heavy atom. The van der Waals surface area contributed by atoms with Crippen LogP contribution in [0.4, 0.5) is 11.8 Å². The van der Waals surface area contributed by atoms with E-state index in [0.717, 1.165) is 31.7 Å². The van der Waals surface area contributed by atoms with Gasteiger partial charge in [0.2, 0.25) is 5.95 Å². The lowest BCUT2D eigenvalue weighted by molar-refractivity contribution is 0.219. The Labute approximate surface area is 95.3 Å². The van der Waals surface area contributed by atoms with Crippen molar-refractivity contribution in [1.82, 2.24) is 9.97 Å². The number of anilines is 2. The van der Waals surface area contributed by atoms with Crippen molar-refractivity contribution in [2.24, 2.45) is 5.41 Å². The Balaban J connectivity index is 1.91. The second-order valence-electron chi connectivity index (χ2n) is 4.31. The van der Waals surface area contributed by atoms with Gasteiger partial charge in [-0.3, -0.25) is 0 Å². The average molecular weight is 222 g/mol. The first kappa shape index (κ1) is 11.1. The van der Waals surface area contributed by atoms with Crippen LogP contribution in [0.5, 0.6) is 0 Å². The fraction of sp³-hybridized carbons (Fsp3) is 0.636. The molecular formula is C11H18N4O. The van der Waals surface area contributed by atoms with Gasteiger partial charge in [0.25, 0.3) is 0 Å². The van der Waals surface area contributed by atoms with Crippen LogP contribution in [0.3, 0.4) is 0 Å². The summed E-state index contributed by atoms with van der Waals surface area (Å²) >= 11 is 0. The molecular weight excluding hydrogens is 204 g/mol. The molecule has 0 aliphatic heterocycles. The molecule has 16 heavy (non-hydrogen) atoms. The Kier molecular flexibility index (Phi) is 3.24. The Morgan fingerprint density at radius 1 is 1.44 bits per heavy atom. The van der Waals surface area contributed by atoms with Crippen LogP contribution in [0.15, 0.2) is 12.3 Å². The third-order valence-corrected chi connectivity index (χ3v) is 2.93. The van der Waals surface area contributed by atoms with Gasteiger partial charge < -0.3 is 15.7 Å². The van der Waals surface area contributed by atoms with E-state index in [-0.39, 0.29) is 12.0 Å². The number of rotatable bonds is 6. The highest BCUT2D eigenvalue weighted by Crippen LogP contribution is 2.44. The van der Waals surface area contributed by atoms with E-state index in [1.165, 1.54) is 0 Å². The first-order valence-electron chi connectivity index (χ1n) is 5.70. The maximum absolute atomic E-state index is 9.19. The zero-order chi connectivity index (χ0) is 11.4. The fourth-order valence-electron chi connectivity index (χ4n) is 1.55. The van der Waals surface area contributed by atoms with E-state index in [4.69, 9.17) is 0 Å². The number of hydrogen-bond acceptors (Lipinski definition) is 5. The van der Waals surface area contributed by atoms with Crippen molar-refractivity contribution in [3.05, 3.63) is 12.3 Å². The van der Waals surface area contributed by atoms with Crippen LogP contribution in [-0.4, -0.2) is 34.8 Å². The fourth-order valence-corrected chi connectivity index (χ4v) is 1.55. The Hall–Kier alpha value is -1.36. The van der Waals surface area contributed by atoms with Crippen molar-refractivity contribution < 1.29 is 5.11 Å². The van der Waals surface area contributed by atoms with E-state index in [2.05, 4.69) is 20.6 Å². The van der Waals surface area contributed by atoms with Crippen LogP contribution in [0.2, 0.25) is 0 Å². The molecule has 5 nitrogen and oxygen atoms in total. The minimum absolute atomic E-state index is 0.100. The molecule has 0 bridgehead atoms. The first-order chi connectivity index (χ1) is 7.78. The lowest BCUT2D eigenvalue weighted by atomic mass is 10.1. The second kappa shape index (κ2) is 4.65. The van der Waals surface area contributed by atoms with Crippen molar-refractivity contribution in [3.8, 4) is 0 Å². The summed E-state index contributed by atoms with van der Waals surface area (Å²) in [6, 6.07) is 1.84. The standard InChI is InChI=1S/C11H18N4O/c1-2-12-10-13-6-3-9(15-10)14-7-11(8-16)4-5-11/h3,6,16H,2,4-5,7-8H2,1H3,(H2,12,13,14,15). The van der Waals surface area contributed by atoms with Gasteiger partial charge in [-0.2, -0.15) is 4.98 Å². The molecule has 1 aliphatic rings. The van der Waals surface area contributed by atoms with Crippen LogP contribution < -0.4 is 10.6 Å². The summed E-state index contributed by atoms with van der Waals surface area (Å²) in [5.74, 6) is 1.45. The van der Waals surface area contributed by atoms with E-state index >= 15 is 0 Å². The van der Waals surface area contributed by atoms with Crippen LogP contribution in [-0.2, 0) is 0 Å².